The fourth-order valence-corrected chi connectivity index (χ4v) is 2.05. The standard InChI is InChI=1S/C17H30N2/c1-14(2)13-18-9-11-19(5)10-8-17-7-6-15(3)16(4)12-17/h6-7,12,14,18H,8-11,13H2,1-5H3. The lowest BCUT2D eigenvalue weighted by atomic mass is 10.0. The van der Waals surface area contributed by atoms with E-state index >= 15 is 0 Å². The van der Waals surface area contributed by atoms with Crippen LogP contribution < -0.4 is 5.32 Å². The van der Waals surface area contributed by atoms with Crippen LogP contribution in [-0.2, 0) is 6.42 Å². The van der Waals surface area contributed by atoms with E-state index < -0.39 is 0 Å². The molecule has 1 aromatic carbocycles. The summed E-state index contributed by atoms with van der Waals surface area (Å²) in [5, 5.41) is 3.49. The van der Waals surface area contributed by atoms with Crippen molar-refractivity contribution in [3.8, 4) is 0 Å². The van der Waals surface area contributed by atoms with Crippen LogP contribution in [0, 0.1) is 19.8 Å². The van der Waals surface area contributed by atoms with E-state index in [1.807, 2.05) is 0 Å². The first-order valence-corrected chi connectivity index (χ1v) is 7.44. The molecule has 0 saturated heterocycles. The molecule has 0 bridgehead atoms. The van der Waals surface area contributed by atoms with Gasteiger partial charge in [-0.25, -0.2) is 0 Å². The number of nitrogens with one attached hydrogen (secondary N) is 1. The smallest absolute Gasteiger partial charge is 0.0104 e. The minimum absolute atomic E-state index is 0.737. The van der Waals surface area contributed by atoms with Crippen LogP contribution in [0.1, 0.15) is 30.5 Å². The lowest BCUT2D eigenvalue weighted by molar-refractivity contribution is 0.332. The summed E-state index contributed by atoms with van der Waals surface area (Å²) in [6.07, 6.45) is 1.14. The maximum atomic E-state index is 3.49. The van der Waals surface area contributed by atoms with Gasteiger partial charge < -0.3 is 10.2 Å². The molecule has 0 aliphatic rings. The van der Waals surface area contributed by atoms with Gasteiger partial charge in [0.25, 0.3) is 0 Å². The molecule has 2 nitrogen and oxygen atoms in total. The summed E-state index contributed by atoms with van der Waals surface area (Å²) in [7, 11) is 2.21. The van der Waals surface area contributed by atoms with Crippen molar-refractivity contribution in [1.29, 1.82) is 0 Å². The van der Waals surface area contributed by atoms with Crippen LogP contribution in [0.5, 0.6) is 0 Å². The van der Waals surface area contributed by atoms with Crippen molar-refractivity contribution in [3.63, 3.8) is 0 Å². The molecule has 1 rings (SSSR count). The molecule has 0 spiro atoms. The van der Waals surface area contributed by atoms with Crippen molar-refractivity contribution in [1.82, 2.24) is 10.2 Å². The van der Waals surface area contributed by atoms with Crippen LogP contribution in [0.4, 0.5) is 0 Å². The molecule has 0 fully saturated rings. The summed E-state index contributed by atoms with van der Waals surface area (Å²) < 4.78 is 0. The minimum Gasteiger partial charge on any atom is -0.315 e. The van der Waals surface area contributed by atoms with Crippen molar-refractivity contribution in [2.24, 2.45) is 5.92 Å². The van der Waals surface area contributed by atoms with Crippen molar-refractivity contribution >= 4 is 0 Å². The number of hydrogen-bond donors (Lipinski definition) is 1. The van der Waals surface area contributed by atoms with E-state index in [0.29, 0.717) is 0 Å². The molecule has 0 radical (unpaired) electrons. The molecule has 0 atom stereocenters. The van der Waals surface area contributed by atoms with Crippen molar-refractivity contribution < 1.29 is 0 Å². The average Bonchev–Trinajstić information content (AvgIpc) is 2.36. The van der Waals surface area contributed by atoms with Gasteiger partial charge in [0.05, 0.1) is 0 Å². The molecule has 0 saturated carbocycles. The van der Waals surface area contributed by atoms with Crippen molar-refractivity contribution in [2.75, 3.05) is 33.2 Å². The second kappa shape index (κ2) is 8.34. The van der Waals surface area contributed by atoms with Gasteiger partial charge in [-0.05, 0) is 56.5 Å². The molecule has 1 aromatic rings. The van der Waals surface area contributed by atoms with Crippen LogP contribution in [0.25, 0.3) is 0 Å². The first-order valence-electron chi connectivity index (χ1n) is 7.44. The van der Waals surface area contributed by atoms with Gasteiger partial charge in [-0.15, -0.1) is 0 Å². The summed E-state index contributed by atoms with van der Waals surface area (Å²) >= 11 is 0. The van der Waals surface area contributed by atoms with E-state index in [4.69, 9.17) is 0 Å². The molecular formula is C17H30N2. The summed E-state index contributed by atoms with van der Waals surface area (Å²) in [5.41, 5.74) is 4.24. The van der Waals surface area contributed by atoms with Gasteiger partial charge in [0.15, 0.2) is 0 Å². The monoisotopic (exact) mass is 262 g/mol. The minimum atomic E-state index is 0.737. The molecular weight excluding hydrogens is 232 g/mol. The van der Waals surface area contributed by atoms with Gasteiger partial charge in [0.2, 0.25) is 0 Å². The first-order chi connectivity index (χ1) is 8.99. The Labute approximate surface area is 119 Å². The Morgan fingerprint density at radius 3 is 2.47 bits per heavy atom. The zero-order chi connectivity index (χ0) is 14.3. The Kier molecular flexibility index (Phi) is 7.11. The first kappa shape index (κ1) is 16.2. The number of likely N-dealkylation sites (N-methyl/N-ethyl adjacent to an activating group) is 1. The Bertz CT molecular complexity index is 372. The third kappa shape index (κ3) is 6.74. The predicted octanol–water partition coefficient (Wildman–Crippen LogP) is 3.02. The Balaban J connectivity index is 2.22. The summed E-state index contributed by atoms with van der Waals surface area (Å²) in [5.74, 6) is 0.737. The third-order valence-electron chi connectivity index (χ3n) is 3.58. The molecule has 0 unspecified atom stereocenters. The van der Waals surface area contributed by atoms with E-state index in [9.17, 15) is 0 Å². The van der Waals surface area contributed by atoms with E-state index in [-0.39, 0.29) is 0 Å². The summed E-state index contributed by atoms with van der Waals surface area (Å²) in [6.45, 7) is 13.3. The molecule has 0 aromatic heterocycles. The normalized spacial score (nSPS) is 11.5. The van der Waals surface area contributed by atoms with Crippen molar-refractivity contribution in [2.45, 2.75) is 34.1 Å². The molecule has 0 amide bonds. The maximum Gasteiger partial charge on any atom is 0.0104 e. The van der Waals surface area contributed by atoms with Gasteiger partial charge in [0.1, 0.15) is 0 Å². The quantitative estimate of drug-likeness (QED) is 0.725. The lowest BCUT2D eigenvalue weighted by Gasteiger charge is -2.17. The van der Waals surface area contributed by atoms with E-state index in [1.54, 1.807) is 0 Å². The highest BCUT2D eigenvalue weighted by atomic mass is 15.1. The molecule has 0 aliphatic carbocycles. The van der Waals surface area contributed by atoms with E-state index in [1.165, 1.54) is 16.7 Å². The SMILES string of the molecule is Cc1ccc(CCN(C)CCNCC(C)C)cc1C. The van der Waals surface area contributed by atoms with E-state index in [0.717, 1.165) is 38.5 Å². The maximum absolute atomic E-state index is 3.49. The Morgan fingerprint density at radius 1 is 1.11 bits per heavy atom. The van der Waals surface area contributed by atoms with Crippen LogP contribution in [0.3, 0.4) is 0 Å². The zero-order valence-corrected chi connectivity index (χ0v) is 13.3. The number of nitrogens with zero attached hydrogens (tertiary/aromatic N) is 1. The predicted molar refractivity (Wildman–Crippen MR) is 84.8 cm³/mol. The van der Waals surface area contributed by atoms with Gasteiger partial charge in [-0.3, -0.25) is 0 Å². The number of hydrogen-bond acceptors (Lipinski definition) is 2. The van der Waals surface area contributed by atoms with Crippen LogP contribution in [-0.4, -0.2) is 38.1 Å². The van der Waals surface area contributed by atoms with Crippen LogP contribution >= 0.6 is 0 Å². The zero-order valence-electron chi connectivity index (χ0n) is 13.3. The number of aryl methyl sites for hydroxylation is 2. The van der Waals surface area contributed by atoms with E-state index in [2.05, 4.69) is 63.2 Å². The average molecular weight is 262 g/mol. The molecule has 108 valence electrons. The Morgan fingerprint density at radius 2 is 1.84 bits per heavy atom. The summed E-state index contributed by atoms with van der Waals surface area (Å²) in [4.78, 5) is 2.41. The second-order valence-corrected chi connectivity index (χ2v) is 6.07. The fourth-order valence-electron chi connectivity index (χ4n) is 2.05. The van der Waals surface area contributed by atoms with Crippen molar-refractivity contribution in [3.05, 3.63) is 34.9 Å². The third-order valence-corrected chi connectivity index (χ3v) is 3.58. The highest BCUT2D eigenvalue weighted by molar-refractivity contribution is 5.30. The Hall–Kier alpha value is -0.860. The highest BCUT2D eigenvalue weighted by Crippen LogP contribution is 2.10. The summed E-state index contributed by atoms with van der Waals surface area (Å²) in [6, 6.07) is 6.81. The topological polar surface area (TPSA) is 15.3 Å². The number of benzene rings is 1. The highest BCUT2D eigenvalue weighted by Gasteiger charge is 2.01. The largest absolute Gasteiger partial charge is 0.315 e. The molecule has 19 heavy (non-hydrogen) atoms. The molecule has 0 heterocycles. The molecule has 1 N–H and O–H groups in total. The van der Waals surface area contributed by atoms with Gasteiger partial charge in [-0.1, -0.05) is 32.0 Å². The molecule has 2 heteroatoms. The number of rotatable bonds is 8. The fraction of sp³-hybridized carbons (Fsp3) is 0.647. The van der Waals surface area contributed by atoms with Gasteiger partial charge in [-0.2, -0.15) is 0 Å². The lowest BCUT2D eigenvalue weighted by Crippen LogP contribution is -2.32. The van der Waals surface area contributed by atoms with Crippen LogP contribution in [0.15, 0.2) is 18.2 Å². The molecule has 0 aliphatic heterocycles. The van der Waals surface area contributed by atoms with Gasteiger partial charge in [0, 0.05) is 19.6 Å². The second-order valence-electron chi connectivity index (χ2n) is 6.07. The van der Waals surface area contributed by atoms with Crippen LogP contribution in [0.2, 0.25) is 0 Å². The van der Waals surface area contributed by atoms with Gasteiger partial charge >= 0.3 is 0 Å².